The fraction of sp³-hybridized carbons (Fsp3) is 0.381. The van der Waals surface area contributed by atoms with Gasteiger partial charge in [-0.15, -0.1) is 0 Å². The van der Waals surface area contributed by atoms with Crippen molar-refractivity contribution in [1.29, 1.82) is 0 Å². The van der Waals surface area contributed by atoms with Crippen molar-refractivity contribution in [2.75, 3.05) is 11.9 Å². The number of carbonyl (C=O) groups excluding carboxylic acids is 2. The normalized spacial score (nSPS) is 17.4. The van der Waals surface area contributed by atoms with Gasteiger partial charge in [0.05, 0.1) is 19.1 Å². The highest BCUT2D eigenvalue weighted by atomic mass is 16.5. The van der Waals surface area contributed by atoms with Gasteiger partial charge in [0.15, 0.2) is 0 Å². The van der Waals surface area contributed by atoms with Crippen molar-refractivity contribution in [3.05, 3.63) is 58.6 Å². The maximum atomic E-state index is 12.1. The summed E-state index contributed by atoms with van der Waals surface area (Å²) in [5.41, 5.74) is -0.0113. The minimum Gasteiger partial charge on any atom is -0.481 e. The molecule has 1 aliphatic heterocycles. The number of nitrogens with one attached hydrogen (secondary N) is 1. The highest BCUT2D eigenvalue weighted by molar-refractivity contribution is 6.03. The number of carboxylic acid groups (broad SMARTS) is 1. The van der Waals surface area contributed by atoms with Gasteiger partial charge in [-0.2, -0.15) is 4.98 Å². The molecule has 10 nitrogen and oxygen atoms in total. The molecule has 1 aromatic carbocycles. The smallest absolute Gasteiger partial charge is 0.351 e. The van der Waals surface area contributed by atoms with Gasteiger partial charge in [-0.1, -0.05) is 18.2 Å². The summed E-state index contributed by atoms with van der Waals surface area (Å²) in [6, 6.07) is 10.2. The molecule has 2 atom stereocenters. The van der Waals surface area contributed by atoms with E-state index < -0.39 is 17.9 Å². The Kier molecular flexibility index (Phi) is 9.04. The Bertz CT molecular complexity index is 945. The van der Waals surface area contributed by atoms with Crippen LogP contribution in [0.25, 0.3) is 0 Å². The van der Waals surface area contributed by atoms with Gasteiger partial charge in [-0.25, -0.2) is 4.79 Å². The van der Waals surface area contributed by atoms with Gasteiger partial charge in [-0.3, -0.25) is 14.2 Å². The average Bonchev–Trinajstić information content (AvgIpc) is 3.22. The van der Waals surface area contributed by atoms with E-state index in [2.05, 4.69) is 10.3 Å². The molecule has 1 amide bonds. The third-order valence-corrected chi connectivity index (χ3v) is 4.40. The first-order valence-electron chi connectivity index (χ1n) is 9.73. The van der Waals surface area contributed by atoms with Crippen LogP contribution in [0.4, 0.5) is 5.82 Å². The van der Waals surface area contributed by atoms with Crippen LogP contribution in [0.2, 0.25) is 0 Å². The van der Waals surface area contributed by atoms with E-state index in [0.717, 1.165) is 0 Å². The predicted octanol–water partition coefficient (Wildman–Crippen LogP) is 1.61. The van der Waals surface area contributed by atoms with Gasteiger partial charge in [0.2, 0.25) is 0 Å². The zero-order valence-electron chi connectivity index (χ0n) is 17.1. The number of aliphatic carboxylic acids is 1. The maximum Gasteiger partial charge on any atom is 0.351 e. The molecule has 1 aromatic heterocycles. The van der Waals surface area contributed by atoms with Crippen LogP contribution >= 0.6 is 0 Å². The van der Waals surface area contributed by atoms with Gasteiger partial charge >= 0.3 is 11.7 Å². The van der Waals surface area contributed by atoms with Crippen molar-refractivity contribution in [2.24, 2.45) is 0 Å². The molecular formula is C21H25N3O7. The SMILES string of the molecule is CC(=O)CCC(=O)O.O=C(Nc1ccn(C2CCC(CO)O2)c(=O)n1)c1ccccc1. The fourth-order valence-electron chi connectivity index (χ4n) is 2.79. The molecule has 1 saturated heterocycles. The van der Waals surface area contributed by atoms with Crippen LogP contribution in [0.5, 0.6) is 0 Å². The average molecular weight is 431 g/mol. The van der Waals surface area contributed by atoms with Crippen molar-refractivity contribution in [3.63, 3.8) is 0 Å². The monoisotopic (exact) mass is 431 g/mol. The van der Waals surface area contributed by atoms with Crippen molar-refractivity contribution >= 4 is 23.5 Å². The number of aliphatic hydroxyl groups is 1. The lowest BCUT2D eigenvalue weighted by Crippen LogP contribution is -2.28. The number of ether oxygens (including phenoxy) is 1. The standard InChI is InChI=1S/C16H17N3O4.C5H8O3/c20-10-12-6-7-14(23-12)19-9-8-13(18-16(19)22)17-15(21)11-4-2-1-3-5-11;1-4(6)2-3-5(7)8/h1-5,8-9,12,14,20H,6-7,10H2,(H,17,18,21,22);2-3H2,1H3,(H,7,8). The fourth-order valence-corrected chi connectivity index (χ4v) is 2.79. The van der Waals surface area contributed by atoms with E-state index in [1.165, 1.54) is 11.5 Å². The maximum absolute atomic E-state index is 12.1. The number of Topliss-reactive ketones (excluding diaryl/α,β-unsaturated/α-hetero) is 1. The summed E-state index contributed by atoms with van der Waals surface area (Å²) >= 11 is 0. The van der Waals surface area contributed by atoms with E-state index in [0.29, 0.717) is 18.4 Å². The number of nitrogens with zero attached hydrogens (tertiary/aromatic N) is 2. The Morgan fingerprint density at radius 3 is 2.39 bits per heavy atom. The van der Waals surface area contributed by atoms with E-state index in [9.17, 15) is 19.2 Å². The summed E-state index contributed by atoms with van der Waals surface area (Å²) in [6.45, 7) is 1.31. The van der Waals surface area contributed by atoms with Crippen LogP contribution in [0.1, 0.15) is 49.2 Å². The van der Waals surface area contributed by atoms with Crippen LogP contribution in [0.15, 0.2) is 47.4 Å². The molecule has 3 rings (SSSR count). The minimum absolute atomic E-state index is 0.0463. The van der Waals surface area contributed by atoms with Crippen LogP contribution in [-0.2, 0) is 14.3 Å². The Balaban J connectivity index is 0.000000366. The quantitative estimate of drug-likeness (QED) is 0.599. The Morgan fingerprint density at radius 2 is 1.87 bits per heavy atom. The van der Waals surface area contributed by atoms with Crippen molar-refractivity contribution < 1.29 is 29.3 Å². The van der Waals surface area contributed by atoms with E-state index >= 15 is 0 Å². The summed E-state index contributed by atoms with van der Waals surface area (Å²) in [4.78, 5) is 47.8. The van der Waals surface area contributed by atoms with Crippen molar-refractivity contribution in [1.82, 2.24) is 9.55 Å². The second kappa shape index (κ2) is 11.7. The van der Waals surface area contributed by atoms with Gasteiger partial charge in [0.25, 0.3) is 5.91 Å². The molecule has 2 unspecified atom stereocenters. The zero-order valence-corrected chi connectivity index (χ0v) is 17.1. The lowest BCUT2D eigenvalue weighted by Gasteiger charge is -2.15. The molecule has 0 saturated carbocycles. The number of benzene rings is 1. The Morgan fingerprint density at radius 1 is 1.16 bits per heavy atom. The first-order valence-corrected chi connectivity index (χ1v) is 9.73. The number of carbonyl (C=O) groups is 3. The molecule has 2 heterocycles. The number of rotatable bonds is 7. The van der Waals surface area contributed by atoms with Crippen LogP contribution in [0, 0.1) is 0 Å². The van der Waals surface area contributed by atoms with Gasteiger partial charge in [-0.05, 0) is 38.0 Å². The highest BCUT2D eigenvalue weighted by Gasteiger charge is 2.26. The summed E-state index contributed by atoms with van der Waals surface area (Å²) < 4.78 is 6.92. The first kappa shape index (κ1) is 23.9. The molecule has 2 aromatic rings. The van der Waals surface area contributed by atoms with Crippen molar-refractivity contribution in [2.45, 2.75) is 44.9 Å². The first-order chi connectivity index (χ1) is 14.8. The number of anilines is 1. The number of aliphatic hydroxyl groups excluding tert-OH is 1. The Labute approximate surface area is 178 Å². The number of hydrogen-bond acceptors (Lipinski definition) is 7. The molecular weight excluding hydrogens is 406 g/mol. The lowest BCUT2D eigenvalue weighted by molar-refractivity contribution is -0.138. The highest BCUT2D eigenvalue weighted by Crippen LogP contribution is 2.26. The van der Waals surface area contributed by atoms with Crippen LogP contribution in [0.3, 0.4) is 0 Å². The predicted molar refractivity (Wildman–Crippen MR) is 111 cm³/mol. The molecule has 1 fully saturated rings. The Hall–Kier alpha value is -3.37. The topological polar surface area (TPSA) is 148 Å². The number of hydrogen-bond donors (Lipinski definition) is 3. The molecule has 3 N–H and O–H groups in total. The number of ketones is 1. The second-order valence-electron chi connectivity index (χ2n) is 6.89. The van der Waals surface area contributed by atoms with E-state index in [1.807, 2.05) is 6.07 Å². The number of aromatic nitrogens is 2. The van der Waals surface area contributed by atoms with Gasteiger partial charge in [0, 0.05) is 18.2 Å². The summed E-state index contributed by atoms with van der Waals surface area (Å²) in [6.07, 6.45) is 2.31. The molecule has 0 radical (unpaired) electrons. The van der Waals surface area contributed by atoms with E-state index in [-0.39, 0.29) is 43.1 Å². The van der Waals surface area contributed by atoms with Crippen molar-refractivity contribution in [3.8, 4) is 0 Å². The molecule has 1 aliphatic rings. The summed E-state index contributed by atoms with van der Waals surface area (Å²) in [5, 5.41) is 19.7. The molecule has 31 heavy (non-hydrogen) atoms. The number of carboxylic acids is 1. The van der Waals surface area contributed by atoms with Gasteiger partial charge < -0.3 is 25.1 Å². The molecule has 10 heteroatoms. The van der Waals surface area contributed by atoms with Crippen LogP contribution < -0.4 is 11.0 Å². The molecule has 0 spiro atoms. The van der Waals surface area contributed by atoms with E-state index in [1.54, 1.807) is 36.5 Å². The van der Waals surface area contributed by atoms with Crippen LogP contribution in [-0.4, -0.2) is 50.1 Å². The molecule has 0 aliphatic carbocycles. The lowest BCUT2D eigenvalue weighted by atomic mass is 10.2. The second-order valence-corrected chi connectivity index (χ2v) is 6.89. The van der Waals surface area contributed by atoms with E-state index in [4.69, 9.17) is 14.9 Å². The largest absolute Gasteiger partial charge is 0.481 e. The number of amides is 1. The third-order valence-electron chi connectivity index (χ3n) is 4.40. The summed E-state index contributed by atoms with van der Waals surface area (Å²) in [5.74, 6) is -1.13. The third kappa shape index (κ3) is 7.76. The van der Waals surface area contributed by atoms with Gasteiger partial charge in [0.1, 0.15) is 17.8 Å². The minimum atomic E-state index is -0.916. The molecule has 0 bridgehead atoms. The molecule has 166 valence electrons. The summed E-state index contributed by atoms with van der Waals surface area (Å²) in [7, 11) is 0. The zero-order chi connectivity index (χ0) is 22.8.